The maximum absolute atomic E-state index is 12.3. The van der Waals surface area contributed by atoms with Crippen molar-refractivity contribution in [3.05, 3.63) is 42.2 Å². The molecule has 0 unspecified atom stereocenters. The van der Waals surface area contributed by atoms with Gasteiger partial charge in [-0.3, -0.25) is 24.3 Å². The number of rotatable bonds is 5. The van der Waals surface area contributed by atoms with Gasteiger partial charge in [0.05, 0.1) is 11.8 Å². The van der Waals surface area contributed by atoms with E-state index >= 15 is 0 Å². The molecule has 120 valence electrons. The van der Waals surface area contributed by atoms with Crippen molar-refractivity contribution in [1.29, 1.82) is 0 Å². The summed E-state index contributed by atoms with van der Waals surface area (Å²) in [5.41, 5.74) is 0.887. The van der Waals surface area contributed by atoms with Gasteiger partial charge >= 0.3 is 0 Å². The van der Waals surface area contributed by atoms with Crippen LogP contribution in [0.15, 0.2) is 36.5 Å². The highest BCUT2D eigenvalue weighted by molar-refractivity contribution is 6.07. The number of carbonyl (C=O) groups excluding carboxylic acids is 3. The second-order valence-electron chi connectivity index (χ2n) is 5.84. The van der Waals surface area contributed by atoms with E-state index in [0.29, 0.717) is 25.8 Å². The van der Waals surface area contributed by atoms with E-state index in [-0.39, 0.29) is 36.1 Å². The number of allylic oxidation sites excluding steroid dienone is 2. The van der Waals surface area contributed by atoms with Crippen molar-refractivity contribution in [2.75, 3.05) is 13.1 Å². The lowest BCUT2D eigenvalue weighted by atomic mass is 9.85. The second-order valence-corrected chi connectivity index (χ2v) is 5.84. The Balaban J connectivity index is 1.50. The SMILES string of the molecule is O=C(CN1C(=O)[C@H]2CC=CC[C@H]2C1=O)NCCc1ccccn1. The van der Waals surface area contributed by atoms with Crippen LogP contribution < -0.4 is 5.32 Å². The van der Waals surface area contributed by atoms with E-state index in [1.807, 2.05) is 30.4 Å². The molecule has 0 bridgehead atoms. The van der Waals surface area contributed by atoms with Crippen LogP contribution in [0.5, 0.6) is 0 Å². The summed E-state index contributed by atoms with van der Waals surface area (Å²) in [6.07, 6.45) is 7.36. The normalized spacial score (nSPS) is 23.0. The highest BCUT2D eigenvalue weighted by Crippen LogP contribution is 2.34. The molecule has 1 N–H and O–H groups in total. The van der Waals surface area contributed by atoms with Gasteiger partial charge in [-0.1, -0.05) is 18.2 Å². The average Bonchev–Trinajstić information content (AvgIpc) is 2.81. The average molecular weight is 313 g/mol. The molecule has 1 aromatic heterocycles. The zero-order valence-corrected chi connectivity index (χ0v) is 12.8. The van der Waals surface area contributed by atoms with Gasteiger partial charge in [0, 0.05) is 24.9 Å². The number of nitrogens with zero attached hydrogens (tertiary/aromatic N) is 2. The number of likely N-dealkylation sites (tertiary alicyclic amines) is 1. The topological polar surface area (TPSA) is 79.4 Å². The van der Waals surface area contributed by atoms with E-state index in [1.54, 1.807) is 6.20 Å². The molecule has 0 saturated carbocycles. The van der Waals surface area contributed by atoms with Gasteiger partial charge in [-0.05, 0) is 25.0 Å². The van der Waals surface area contributed by atoms with Crippen molar-refractivity contribution in [2.24, 2.45) is 11.8 Å². The second kappa shape index (κ2) is 6.73. The molecule has 2 atom stereocenters. The molecule has 6 heteroatoms. The quantitative estimate of drug-likeness (QED) is 0.641. The van der Waals surface area contributed by atoms with Gasteiger partial charge in [-0.2, -0.15) is 0 Å². The zero-order valence-electron chi connectivity index (χ0n) is 12.8. The van der Waals surface area contributed by atoms with Crippen LogP contribution in [0.4, 0.5) is 0 Å². The number of aromatic nitrogens is 1. The smallest absolute Gasteiger partial charge is 0.240 e. The zero-order chi connectivity index (χ0) is 16.2. The van der Waals surface area contributed by atoms with Crippen LogP contribution in [0.1, 0.15) is 18.5 Å². The first-order chi connectivity index (χ1) is 11.2. The van der Waals surface area contributed by atoms with Gasteiger partial charge in [-0.15, -0.1) is 0 Å². The maximum Gasteiger partial charge on any atom is 0.240 e. The van der Waals surface area contributed by atoms with Crippen LogP contribution >= 0.6 is 0 Å². The Hall–Kier alpha value is -2.50. The van der Waals surface area contributed by atoms with E-state index in [2.05, 4.69) is 10.3 Å². The first kappa shape index (κ1) is 15.4. The number of imide groups is 1. The molecular weight excluding hydrogens is 294 g/mol. The summed E-state index contributed by atoms with van der Waals surface area (Å²) in [5.74, 6) is -1.31. The molecule has 2 heterocycles. The molecule has 1 aliphatic heterocycles. The molecule has 1 saturated heterocycles. The van der Waals surface area contributed by atoms with Gasteiger partial charge in [0.15, 0.2) is 0 Å². The Morgan fingerprint density at radius 3 is 2.48 bits per heavy atom. The summed E-state index contributed by atoms with van der Waals surface area (Å²) in [6.45, 7) is 0.243. The lowest BCUT2D eigenvalue weighted by Crippen LogP contribution is -2.41. The summed E-state index contributed by atoms with van der Waals surface area (Å²) >= 11 is 0. The predicted molar refractivity (Wildman–Crippen MR) is 83.0 cm³/mol. The van der Waals surface area contributed by atoms with Crippen molar-refractivity contribution in [1.82, 2.24) is 15.2 Å². The number of hydrogen-bond donors (Lipinski definition) is 1. The first-order valence-electron chi connectivity index (χ1n) is 7.83. The van der Waals surface area contributed by atoms with E-state index < -0.39 is 0 Å². The van der Waals surface area contributed by atoms with Gasteiger partial charge in [0.1, 0.15) is 6.54 Å². The third-order valence-electron chi connectivity index (χ3n) is 4.33. The molecule has 6 nitrogen and oxygen atoms in total. The van der Waals surface area contributed by atoms with Gasteiger partial charge in [0.2, 0.25) is 17.7 Å². The highest BCUT2D eigenvalue weighted by Gasteiger charge is 2.47. The Bertz CT molecular complexity index is 616. The number of amides is 3. The Morgan fingerprint density at radius 1 is 1.17 bits per heavy atom. The molecule has 0 radical (unpaired) electrons. The standard InChI is InChI=1S/C17H19N3O3/c21-15(19-10-8-12-5-3-4-9-18-12)11-20-16(22)13-6-1-2-7-14(13)17(20)23/h1-5,9,13-14H,6-8,10-11H2,(H,19,21)/t13-,14+. The Labute approximate surface area is 134 Å². The fraction of sp³-hybridized carbons (Fsp3) is 0.412. The minimum Gasteiger partial charge on any atom is -0.354 e. The van der Waals surface area contributed by atoms with Crippen LogP contribution in [-0.4, -0.2) is 40.7 Å². The van der Waals surface area contributed by atoms with Crippen molar-refractivity contribution < 1.29 is 14.4 Å². The minimum atomic E-state index is -0.311. The van der Waals surface area contributed by atoms with Crippen LogP contribution in [0.2, 0.25) is 0 Å². The van der Waals surface area contributed by atoms with E-state index in [4.69, 9.17) is 0 Å². The number of nitrogens with one attached hydrogen (secondary N) is 1. The maximum atomic E-state index is 12.3. The summed E-state index contributed by atoms with van der Waals surface area (Å²) in [4.78, 5) is 41.8. The van der Waals surface area contributed by atoms with Crippen molar-refractivity contribution in [2.45, 2.75) is 19.3 Å². The van der Waals surface area contributed by atoms with Crippen LogP contribution in [0.3, 0.4) is 0 Å². The lowest BCUT2D eigenvalue weighted by molar-refractivity contribution is -0.143. The molecule has 2 aliphatic rings. The van der Waals surface area contributed by atoms with Crippen LogP contribution in [0, 0.1) is 11.8 Å². The largest absolute Gasteiger partial charge is 0.354 e. The fourth-order valence-corrected chi connectivity index (χ4v) is 3.10. The fourth-order valence-electron chi connectivity index (χ4n) is 3.10. The number of hydrogen-bond acceptors (Lipinski definition) is 4. The van der Waals surface area contributed by atoms with Crippen LogP contribution in [-0.2, 0) is 20.8 Å². The first-order valence-corrected chi connectivity index (χ1v) is 7.83. The summed E-state index contributed by atoms with van der Waals surface area (Å²) in [5, 5.41) is 2.74. The molecule has 1 aliphatic carbocycles. The molecular formula is C17H19N3O3. The van der Waals surface area contributed by atoms with Gasteiger partial charge < -0.3 is 5.32 Å². The number of carbonyl (C=O) groups is 3. The predicted octanol–water partition coefficient (Wildman–Crippen LogP) is 0.691. The van der Waals surface area contributed by atoms with Gasteiger partial charge in [0.25, 0.3) is 0 Å². The van der Waals surface area contributed by atoms with Crippen LogP contribution in [0.25, 0.3) is 0 Å². The van der Waals surface area contributed by atoms with E-state index in [1.165, 1.54) is 0 Å². The third kappa shape index (κ3) is 3.31. The lowest BCUT2D eigenvalue weighted by Gasteiger charge is -2.14. The number of fused-ring (bicyclic) bond motifs is 1. The summed E-state index contributed by atoms with van der Waals surface area (Å²) < 4.78 is 0. The van der Waals surface area contributed by atoms with Crippen molar-refractivity contribution in [3.63, 3.8) is 0 Å². The van der Waals surface area contributed by atoms with E-state index in [0.717, 1.165) is 10.6 Å². The number of pyridine rings is 1. The molecule has 3 rings (SSSR count). The molecule has 0 spiro atoms. The van der Waals surface area contributed by atoms with Gasteiger partial charge in [-0.25, -0.2) is 0 Å². The van der Waals surface area contributed by atoms with E-state index in [9.17, 15) is 14.4 Å². The molecule has 3 amide bonds. The molecule has 1 fully saturated rings. The monoisotopic (exact) mass is 313 g/mol. The minimum absolute atomic E-state index is 0.188. The summed E-state index contributed by atoms with van der Waals surface area (Å²) in [6, 6.07) is 5.61. The van der Waals surface area contributed by atoms with Crippen molar-refractivity contribution >= 4 is 17.7 Å². The third-order valence-corrected chi connectivity index (χ3v) is 4.33. The highest BCUT2D eigenvalue weighted by atomic mass is 16.2. The molecule has 1 aromatic rings. The molecule has 23 heavy (non-hydrogen) atoms. The Kier molecular flexibility index (Phi) is 4.50. The molecule has 0 aromatic carbocycles. The summed E-state index contributed by atoms with van der Waals surface area (Å²) in [7, 11) is 0. The Morgan fingerprint density at radius 2 is 1.87 bits per heavy atom. The van der Waals surface area contributed by atoms with Crippen molar-refractivity contribution in [3.8, 4) is 0 Å².